The number of oxime groups is 1. The Morgan fingerprint density at radius 1 is 1.38 bits per heavy atom. The molecule has 1 unspecified atom stereocenters. The number of benzene rings is 1. The van der Waals surface area contributed by atoms with Crippen molar-refractivity contribution in [3.63, 3.8) is 0 Å². The fourth-order valence-corrected chi connectivity index (χ4v) is 3.30. The number of fused-ring (bicyclic) bond motifs is 1. The van der Waals surface area contributed by atoms with E-state index in [-0.39, 0.29) is 17.7 Å². The van der Waals surface area contributed by atoms with Gasteiger partial charge in [0.1, 0.15) is 5.82 Å². The second kappa shape index (κ2) is 5.40. The zero-order chi connectivity index (χ0) is 15.0. The lowest BCUT2D eigenvalue weighted by molar-refractivity contribution is 0.316. The topological polar surface area (TPSA) is 84.4 Å². The summed E-state index contributed by atoms with van der Waals surface area (Å²) in [5, 5.41) is 12.6. The highest BCUT2D eigenvalue weighted by atomic mass is 79.9. The minimum Gasteiger partial charge on any atom is -0.411 e. The van der Waals surface area contributed by atoms with E-state index in [0.717, 1.165) is 11.3 Å². The number of nitrogen functional groups attached to an aromatic ring is 1. The predicted molar refractivity (Wildman–Crippen MR) is 79.9 cm³/mol. The van der Waals surface area contributed by atoms with Gasteiger partial charge in [0.25, 0.3) is 0 Å². The number of hydrogen-bond acceptors (Lipinski definition) is 5. The molecule has 5 nitrogen and oxygen atoms in total. The molecule has 0 saturated heterocycles. The number of rotatable bonds is 1. The average Bonchev–Trinajstić information content (AvgIpc) is 2.45. The number of halogens is 2. The molecular weight excluding hydrogens is 339 g/mol. The Morgan fingerprint density at radius 2 is 2.19 bits per heavy atom. The molecule has 7 heteroatoms. The van der Waals surface area contributed by atoms with E-state index in [9.17, 15) is 9.60 Å². The molecule has 0 radical (unpaired) electrons. The van der Waals surface area contributed by atoms with Crippen LogP contribution in [0.5, 0.6) is 0 Å². The summed E-state index contributed by atoms with van der Waals surface area (Å²) < 4.78 is 13.9. The molecule has 3 rings (SSSR count). The van der Waals surface area contributed by atoms with Crippen LogP contribution in [0, 0.1) is 5.82 Å². The van der Waals surface area contributed by atoms with Crippen molar-refractivity contribution in [1.29, 1.82) is 0 Å². The first-order valence-corrected chi connectivity index (χ1v) is 7.15. The van der Waals surface area contributed by atoms with Crippen molar-refractivity contribution in [3.05, 3.63) is 51.5 Å². The van der Waals surface area contributed by atoms with Crippen molar-refractivity contribution in [2.45, 2.75) is 18.8 Å². The summed E-state index contributed by atoms with van der Waals surface area (Å²) in [5.41, 5.74) is 8.52. The zero-order valence-corrected chi connectivity index (χ0v) is 12.5. The Morgan fingerprint density at radius 3 is 2.90 bits per heavy atom. The number of nitrogens with two attached hydrogens (primary N) is 1. The molecule has 2 aromatic rings. The molecule has 0 bridgehead atoms. The van der Waals surface area contributed by atoms with E-state index in [2.05, 4.69) is 31.1 Å². The van der Waals surface area contributed by atoms with Gasteiger partial charge < -0.3 is 10.9 Å². The van der Waals surface area contributed by atoms with Crippen LogP contribution in [0.15, 0.2) is 34.0 Å². The molecule has 3 N–H and O–H groups in total. The molecule has 1 atom stereocenters. The van der Waals surface area contributed by atoms with Crippen LogP contribution in [0.3, 0.4) is 0 Å². The van der Waals surface area contributed by atoms with Gasteiger partial charge >= 0.3 is 0 Å². The second-order valence-corrected chi connectivity index (χ2v) is 5.76. The molecule has 0 saturated carbocycles. The Kier molecular flexibility index (Phi) is 3.59. The third kappa shape index (κ3) is 2.61. The van der Waals surface area contributed by atoms with Gasteiger partial charge in [0, 0.05) is 22.7 Å². The van der Waals surface area contributed by atoms with Crippen molar-refractivity contribution in [2.24, 2.45) is 5.16 Å². The van der Waals surface area contributed by atoms with Gasteiger partial charge in [0.2, 0.25) is 5.95 Å². The van der Waals surface area contributed by atoms with E-state index in [0.29, 0.717) is 28.6 Å². The maximum absolute atomic E-state index is 13.2. The first-order chi connectivity index (χ1) is 10.1. The highest BCUT2D eigenvalue weighted by Crippen LogP contribution is 2.35. The fourth-order valence-electron chi connectivity index (χ4n) is 2.63. The largest absolute Gasteiger partial charge is 0.411 e. The maximum atomic E-state index is 13.2. The maximum Gasteiger partial charge on any atom is 0.220 e. The quantitative estimate of drug-likeness (QED) is 0.611. The Hall–Kier alpha value is -2.02. The summed E-state index contributed by atoms with van der Waals surface area (Å²) in [5.74, 6) is -0.0815. The standard InChI is InChI=1S/C14H12BrFN4O/c15-11-5-8(16)1-2-9(11)7-3-12-10(13(4-7)20-21)6-18-14(17)19-12/h1-2,5-7,21H,3-4H2,(H2,17,18,19). The molecule has 1 aliphatic carbocycles. The summed E-state index contributed by atoms with van der Waals surface area (Å²) in [4.78, 5) is 8.15. The lowest BCUT2D eigenvalue weighted by Gasteiger charge is -2.25. The lowest BCUT2D eigenvalue weighted by Crippen LogP contribution is -2.22. The monoisotopic (exact) mass is 350 g/mol. The summed E-state index contributed by atoms with van der Waals surface area (Å²) in [6.45, 7) is 0. The lowest BCUT2D eigenvalue weighted by atomic mass is 9.82. The third-order valence-electron chi connectivity index (χ3n) is 3.60. The van der Waals surface area contributed by atoms with Crippen LogP contribution >= 0.6 is 15.9 Å². The molecule has 1 aromatic heterocycles. The molecule has 1 aromatic carbocycles. The Balaban J connectivity index is 2.04. The van der Waals surface area contributed by atoms with E-state index in [1.54, 1.807) is 12.3 Å². The minimum absolute atomic E-state index is 0.0349. The van der Waals surface area contributed by atoms with E-state index in [4.69, 9.17) is 5.73 Å². The normalized spacial score (nSPS) is 19.5. The van der Waals surface area contributed by atoms with Gasteiger partial charge in [-0.05, 0) is 30.0 Å². The van der Waals surface area contributed by atoms with Gasteiger partial charge in [0.15, 0.2) is 0 Å². The first kappa shape index (κ1) is 13.9. The minimum atomic E-state index is -0.301. The number of hydrogen-bond donors (Lipinski definition) is 2. The zero-order valence-electron chi connectivity index (χ0n) is 10.9. The van der Waals surface area contributed by atoms with Gasteiger partial charge in [0.05, 0.1) is 11.4 Å². The van der Waals surface area contributed by atoms with Gasteiger partial charge in [-0.15, -0.1) is 0 Å². The molecule has 1 heterocycles. The summed E-state index contributed by atoms with van der Waals surface area (Å²) in [6, 6.07) is 4.57. The van der Waals surface area contributed by atoms with Crippen LogP contribution in [-0.4, -0.2) is 20.9 Å². The van der Waals surface area contributed by atoms with E-state index >= 15 is 0 Å². The molecule has 1 aliphatic rings. The SMILES string of the molecule is Nc1ncc2c(n1)CC(c1ccc(F)cc1Br)CC2=NO. The fraction of sp³-hybridized carbons (Fsp3) is 0.214. The summed E-state index contributed by atoms with van der Waals surface area (Å²) in [7, 11) is 0. The predicted octanol–water partition coefficient (Wildman–Crippen LogP) is 2.87. The molecule has 0 fully saturated rings. The Bertz CT molecular complexity index is 735. The van der Waals surface area contributed by atoms with Crippen molar-refractivity contribution in [2.75, 3.05) is 5.73 Å². The van der Waals surface area contributed by atoms with Crippen LogP contribution < -0.4 is 5.73 Å². The van der Waals surface area contributed by atoms with Gasteiger partial charge in [-0.2, -0.15) is 0 Å². The van der Waals surface area contributed by atoms with E-state index < -0.39 is 0 Å². The van der Waals surface area contributed by atoms with Crippen molar-refractivity contribution < 1.29 is 9.60 Å². The number of aromatic nitrogens is 2. The highest BCUT2D eigenvalue weighted by Gasteiger charge is 2.28. The molecule has 108 valence electrons. The van der Waals surface area contributed by atoms with Crippen LogP contribution in [0.25, 0.3) is 0 Å². The van der Waals surface area contributed by atoms with Crippen molar-refractivity contribution >= 4 is 27.6 Å². The van der Waals surface area contributed by atoms with Gasteiger partial charge in [-0.1, -0.05) is 27.2 Å². The third-order valence-corrected chi connectivity index (χ3v) is 4.29. The van der Waals surface area contributed by atoms with Crippen LogP contribution in [0.2, 0.25) is 0 Å². The second-order valence-electron chi connectivity index (χ2n) is 4.91. The smallest absolute Gasteiger partial charge is 0.220 e. The number of anilines is 1. The molecular formula is C14H12BrFN4O. The van der Waals surface area contributed by atoms with Crippen LogP contribution in [-0.2, 0) is 6.42 Å². The van der Waals surface area contributed by atoms with E-state index in [1.165, 1.54) is 12.1 Å². The molecule has 0 aliphatic heterocycles. The van der Waals surface area contributed by atoms with E-state index in [1.807, 2.05) is 0 Å². The Labute approximate surface area is 128 Å². The highest BCUT2D eigenvalue weighted by molar-refractivity contribution is 9.10. The van der Waals surface area contributed by atoms with Crippen molar-refractivity contribution in [3.8, 4) is 0 Å². The van der Waals surface area contributed by atoms with Crippen LogP contribution in [0.1, 0.15) is 29.2 Å². The van der Waals surface area contributed by atoms with Crippen LogP contribution in [0.4, 0.5) is 10.3 Å². The van der Waals surface area contributed by atoms with Crippen molar-refractivity contribution in [1.82, 2.24) is 9.97 Å². The van der Waals surface area contributed by atoms with Gasteiger partial charge in [-0.3, -0.25) is 0 Å². The number of nitrogens with zero attached hydrogens (tertiary/aromatic N) is 3. The van der Waals surface area contributed by atoms with Gasteiger partial charge in [-0.25, -0.2) is 14.4 Å². The summed E-state index contributed by atoms with van der Waals surface area (Å²) in [6.07, 6.45) is 2.73. The molecule has 21 heavy (non-hydrogen) atoms. The first-order valence-electron chi connectivity index (χ1n) is 6.36. The molecule has 0 spiro atoms. The summed E-state index contributed by atoms with van der Waals surface area (Å²) >= 11 is 3.38. The average molecular weight is 351 g/mol. The molecule has 0 amide bonds.